The Labute approximate surface area is 122 Å². The maximum atomic E-state index is 12.2. The number of morpholine rings is 1. The van der Waals surface area contributed by atoms with Gasteiger partial charge in [0.2, 0.25) is 5.91 Å². The Morgan fingerprint density at radius 2 is 2.05 bits per heavy atom. The fraction of sp³-hybridized carbons (Fsp3) is 0.400. The van der Waals surface area contributed by atoms with Gasteiger partial charge in [0.25, 0.3) is 5.56 Å². The highest BCUT2D eigenvalue weighted by atomic mass is 16.5. The van der Waals surface area contributed by atoms with E-state index in [0.29, 0.717) is 44.9 Å². The summed E-state index contributed by atoms with van der Waals surface area (Å²) < 4.78 is 6.79. The molecule has 1 aliphatic rings. The minimum absolute atomic E-state index is 0.0538. The summed E-state index contributed by atoms with van der Waals surface area (Å²) >= 11 is 0. The zero-order valence-corrected chi connectivity index (χ0v) is 11.7. The minimum atomic E-state index is -0.129. The van der Waals surface area contributed by atoms with Gasteiger partial charge in [0.15, 0.2) is 0 Å². The standard InChI is InChI=1S/C15H17N3O3/c19-13(17-8-10-21-11-9-17)5-7-18-14(20)4-3-12-2-1-6-16-15(12)18/h1-4,6H,5,7-11H2. The summed E-state index contributed by atoms with van der Waals surface area (Å²) in [7, 11) is 0. The summed E-state index contributed by atoms with van der Waals surface area (Å²) in [5.41, 5.74) is 0.496. The molecule has 110 valence electrons. The monoisotopic (exact) mass is 287 g/mol. The number of amides is 1. The van der Waals surface area contributed by atoms with Crippen molar-refractivity contribution < 1.29 is 9.53 Å². The van der Waals surface area contributed by atoms with Crippen LogP contribution < -0.4 is 5.56 Å². The van der Waals surface area contributed by atoms with Crippen LogP contribution in [0.15, 0.2) is 35.3 Å². The number of aromatic nitrogens is 2. The summed E-state index contributed by atoms with van der Waals surface area (Å²) in [5, 5.41) is 0.899. The van der Waals surface area contributed by atoms with Gasteiger partial charge in [-0.15, -0.1) is 0 Å². The molecule has 2 aromatic rings. The van der Waals surface area contributed by atoms with E-state index in [2.05, 4.69) is 4.98 Å². The smallest absolute Gasteiger partial charge is 0.252 e. The first-order valence-electron chi connectivity index (χ1n) is 7.06. The Morgan fingerprint density at radius 1 is 1.24 bits per heavy atom. The molecule has 6 heteroatoms. The highest BCUT2D eigenvalue weighted by Crippen LogP contribution is 2.09. The van der Waals surface area contributed by atoms with Crippen LogP contribution in [-0.2, 0) is 16.1 Å². The Bertz CT molecular complexity index is 705. The van der Waals surface area contributed by atoms with Crippen LogP contribution in [0.4, 0.5) is 0 Å². The summed E-state index contributed by atoms with van der Waals surface area (Å²) in [4.78, 5) is 30.2. The topological polar surface area (TPSA) is 64.4 Å². The van der Waals surface area contributed by atoms with Crippen molar-refractivity contribution in [2.24, 2.45) is 0 Å². The van der Waals surface area contributed by atoms with Crippen LogP contribution in [0.25, 0.3) is 11.0 Å². The second-order valence-electron chi connectivity index (χ2n) is 4.98. The molecule has 0 radical (unpaired) electrons. The van der Waals surface area contributed by atoms with E-state index in [4.69, 9.17) is 4.74 Å². The molecule has 0 saturated carbocycles. The molecule has 6 nitrogen and oxygen atoms in total. The van der Waals surface area contributed by atoms with Crippen molar-refractivity contribution in [3.05, 3.63) is 40.8 Å². The molecule has 0 N–H and O–H groups in total. The third-order valence-corrected chi connectivity index (χ3v) is 3.66. The second-order valence-corrected chi connectivity index (χ2v) is 4.98. The normalized spacial score (nSPS) is 15.3. The lowest BCUT2D eigenvalue weighted by molar-refractivity contribution is -0.135. The number of carbonyl (C=O) groups excluding carboxylic acids is 1. The number of pyridine rings is 2. The fourth-order valence-electron chi connectivity index (χ4n) is 2.51. The quantitative estimate of drug-likeness (QED) is 0.831. The molecule has 0 unspecified atom stereocenters. The molecular weight excluding hydrogens is 270 g/mol. The van der Waals surface area contributed by atoms with Gasteiger partial charge in [-0.1, -0.05) is 0 Å². The highest BCUT2D eigenvalue weighted by Gasteiger charge is 2.17. The SMILES string of the molecule is O=C(CCn1c(=O)ccc2cccnc21)N1CCOCC1. The number of carbonyl (C=O) groups is 1. The number of fused-ring (bicyclic) bond motifs is 1. The largest absolute Gasteiger partial charge is 0.378 e. The molecule has 0 bridgehead atoms. The highest BCUT2D eigenvalue weighted by molar-refractivity contribution is 5.77. The predicted octanol–water partition coefficient (Wildman–Crippen LogP) is 0.645. The van der Waals surface area contributed by atoms with Gasteiger partial charge in [0.05, 0.1) is 13.2 Å². The molecule has 0 aliphatic carbocycles. The van der Waals surface area contributed by atoms with Crippen molar-refractivity contribution in [2.45, 2.75) is 13.0 Å². The van der Waals surface area contributed by atoms with Crippen LogP contribution in [0.5, 0.6) is 0 Å². The number of nitrogens with zero attached hydrogens (tertiary/aromatic N) is 3. The first-order valence-corrected chi connectivity index (χ1v) is 7.06. The van der Waals surface area contributed by atoms with Crippen LogP contribution in [0.3, 0.4) is 0 Å². The molecule has 21 heavy (non-hydrogen) atoms. The van der Waals surface area contributed by atoms with E-state index in [1.54, 1.807) is 21.7 Å². The molecule has 1 amide bonds. The van der Waals surface area contributed by atoms with E-state index in [1.165, 1.54) is 6.07 Å². The van der Waals surface area contributed by atoms with Crippen LogP contribution in [0.1, 0.15) is 6.42 Å². The van der Waals surface area contributed by atoms with Crippen molar-refractivity contribution in [1.82, 2.24) is 14.5 Å². The lowest BCUT2D eigenvalue weighted by atomic mass is 10.2. The summed E-state index contributed by atoms with van der Waals surface area (Å²) in [5.74, 6) is 0.0538. The van der Waals surface area contributed by atoms with E-state index < -0.39 is 0 Å². The number of hydrogen-bond acceptors (Lipinski definition) is 4. The van der Waals surface area contributed by atoms with Crippen molar-refractivity contribution in [3.8, 4) is 0 Å². The maximum absolute atomic E-state index is 12.2. The molecule has 1 saturated heterocycles. The fourth-order valence-corrected chi connectivity index (χ4v) is 2.51. The molecule has 3 rings (SSSR count). The Morgan fingerprint density at radius 3 is 2.86 bits per heavy atom. The van der Waals surface area contributed by atoms with Crippen molar-refractivity contribution in [1.29, 1.82) is 0 Å². The molecule has 0 spiro atoms. The second kappa shape index (κ2) is 6.05. The zero-order chi connectivity index (χ0) is 14.7. The summed E-state index contributed by atoms with van der Waals surface area (Å²) in [6, 6.07) is 7.01. The molecule has 1 aliphatic heterocycles. The van der Waals surface area contributed by atoms with Gasteiger partial charge in [-0.25, -0.2) is 4.98 Å². The maximum Gasteiger partial charge on any atom is 0.252 e. The van der Waals surface area contributed by atoms with Gasteiger partial charge in [-0.3, -0.25) is 14.2 Å². The van der Waals surface area contributed by atoms with Crippen LogP contribution >= 0.6 is 0 Å². The van der Waals surface area contributed by atoms with Crippen molar-refractivity contribution >= 4 is 16.9 Å². The predicted molar refractivity (Wildman–Crippen MR) is 78.0 cm³/mol. The van der Waals surface area contributed by atoms with E-state index in [9.17, 15) is 9.59 Å². The number of aryl methyl sites for hydroxylation is 1. The van der Waals surface area contributed by atoms with Gasteiger partial charge in [0, 0.05) is 43.7 Å². The van der Waals surface area contributed by atoms with Crippen molar-refractivity contribution in [2.75, 3.05) is 26.3 Å². The average molecular weight is 287 g/mol. The Hall–Kier alpha value is -2.21. The number of ether oxygens (including phenoxy) is 1. The van der Waals surface area contributed by atoms with Gasteiger partial charge >= 0.3 is 0 Å². The number of rotatable bonds is 3. The average Bonchev–Trinajstić information content (AvgIpc) is 2.54. The van der Waals surface area contributed by atoms with Gasteiger partial charge in [-0.05, 0) is 18.2 Å². The molecule has 2 aromatic heterocycles. The molecular formula is C15H17N3O3. The summed E-state index contributed by atoms with van der Waals surface area (Å²) in [6.07, 6.45) is 1.96. The van der Waals surface area contributed by atoms with Crippen LogP contribution in [-0.4, -0.2) is 46.7 Å². The third-order valence-electron chi connectivity index (χ3n) is 3.66. The van der Waals surface area contributed by atoms with E-state index >= 15 is 0 Å². The van der Waals surface area contributed by atoms with Crippen LogP contribution in [0.2, 0.25) is 0 Å². The van der Waals surface area contributed by atoms with Gasteiger partial charge < -0.3 is 9.64 Å². The Kier molecular flexibility index (Phi) is 3.96. The van der Waals surface area contributed by atoms with E-state index in [0.717, 1.165) is 5.39 Å². The van der Waals surface area contributed by atoms with Gasteiger partial charge in [-0.2, -0.15) is 0 Å². The Balaban J connectivity index is 1.77. The van der Waals surface area contributed by atoms with Crippen LogP contribution in [0, 0.1) is 0 Å². The van der Waals surface area contributed by atoms with E-state index in [1.807, 2.05) is 12.1 Å². The first kappa shape index (κ1) is 13.8. The molecule has 1 fully saturated rings. The lowest BCUT2D eigenvalue weighted by Crippen LogP contribution is -2.41. The molecule has 0 atom stereocenters. The molecule has 0 aromatic carbocycles. The summed E-state index contributed by atoms with van der Waals surface area (Å²) in [6.45, 7) is 2.77. The van der Waals surface area contributed by atoms with Crippen molar-refractivity contribution in [3.63, 3.8) is 0 Å². The van der Waals surface area contributed by atoms with Gasteiger partial charge in [0.1, 0.15) is 5.65 Å². The van der Waals surface area contributed by atoms with E-state index in [-0.39, 0.29) is 11.5 Å². The third kappa shape index (κ3) is 2.95. The number of hydrogen-bond donors (Lipinski definition) is 0. The minimum Gasteiger partial charge on any atom is -0.378 e. The molecule has 3 heterocycles. The lowest BCUT2D eigenvalue weighted by Gasteiger charge is -2.27. The first-order chi connectivity index (χ1) is 10.3. The zero-order valence-electron chi connectivity index (χ0n) is 11.7.